The molecule has 0 saturated carbocycles. The summed E-state index contributed by atoms with van der Waals surface area (Å²) in [4.78, 5) is 12.8. The molecule has 1 aromatic heterocycles. The van der Waals surface area contributed by atoms with Gasteiger partial charge in [-0.1, -0.05) is 59.5 Å². The second-order valence-electron chi connectivity index (χ2n) is 6.57. The van der Waals surface area contributed by atoms with E-state index in [1.54, 1.807) is 24.3 Å². The Kier molecular flexibility index (Phi) is 7.52. The molecule has 0 saturated heterocycles. The van der Waals surface area contributed by atoms with Crippen LogP contribution in [0.5, 0.6) is 5.75 Å². The van der Waals surface area contributed by atoms with E-state index >= 15 is 0 Å². The second-order valence-corrected chi connectivity index (χ2v) is 10.6. The summed E-state index contributed by atoms with van der Waals surface area (Å²) in [6.07, 6.45) is 1.06. The zero-order valence-electron chi connectivity index (χ0n) is 17.2. The lowest BCUT2D eigenvalue weighted by molar-refractivity contribution is -0.116. The average molecular weight is 479 g/mol. The maximum absolute atomic E-state index is 12.8. The number of aromatic nitrogens is 2. The molecule has 2 aromatic carbocycles. The van der Waals surface area contributed by atoms with Gasteiger partial charge in [0.15, 0.2) is 4.34 Å². The van der Waals surface area contributed by atoms with Crippen molar-refractivity contribution in [2.45, 2.75) is 23.1 Å². The molecule has 1 N–H and O–H groups in total. The number of benzene rings is 2. The molecule has 0 radical (unpaired) electrons. The van der Waals surface area contributed by atoms with E-state index in [0.29, 0.717) is 20.9 Å². The van der Waals surface area contributed by atoms with E-state index in [-0.39, 0.29) is 0 Å². The molecule has 0 aliphatic rings. The van der Waals surface area contributed by atoms with Crippen LogP contribution in [0.4, 0.5) is 10.8 Å². The zero-order chi connectivity index (χ0) is 22.4. The second kappa shape index (κ2) is 10.1. The highest BCUT2D eigenvalue weighted by Gasteiger charge is 2.30. The van der Waals surface area contributed by atoms with Gasteiger partial charge in [-0.05, 0) is 24.6 Å². The van der Waals surface area contributed by atoms with Crippen LogP contribution in [-0.4, -0.2) is 43.9 Å². The summed E-state index contributed by atoms with van der Waals surface area (Å²) in [5.74, 6) is 0.712. The molecule has 0 aliphatic heterocycles. The van der Waals surface area contributed by atoms with Crippen molar-refractivity contribution < 1.29 is 17.9 Å². The SMILES string of the molecule is COc1cccc(N([C@@H](C)C(=O)Nc2nnc(SCc3ccccc3)s2)S(C)(=O)=O)c1. The van der Waals surface area contributed by atoms with Gasteiger partial charge in [0, 0.05) is 11.8 Å². The van der Waals surface area contributed by atoms with Gasteiger partial charge in [-0.25, -0.2) is 8.42 Å². The smallest absolute Gasteiger partial charge is 0.249 e. The van der Waals surface area contributed by atoms with Crippen molar-refractivity contribution in [2.24, 2.45) is 0 Å². The molecule has 3 rings (SSSR count). The number of nitrogens with zero attached hydrogens (tertiary/aromatic N) is 3. The fourth-order valence-corrected chi connectivity index (χ4v) is 5.68. The van der Waals surface area contributed by atoms with E-state index in [1.165, 1.54) is 37.1 Å². The largest absolute Gasteiger partial charge is 0.497 e. The molecule has 0 spiro atoms. The number of carbonyl (C=O) groups excluding carboxylic acids is 1. The Morgan fingerprint density at radius 3 is 2.61 bits per heavy atom. The van der Waals surface area contributed by atoms with Crippen LogP contribution < -0.4 is 14.4 Å². The van der Waals surface area contributed by atoms with Crippen molar-refractivity contribution >= 4 is 49.8 Å². The van der Waals surface area contributed by atoms with Crippen LogP contribution in [0.2, 0.25) is 0 Å². The van der Waals surface area contributed by atoms with Gasteiger partial charge in [0.2, 0.25) is 21.1 Å². The van der Waals surface area contributed by atoms with Gasteiger partial charge in [0.1, 0.15) is 11.8 Å². The third-order valence-electron chi connectivity index (χ3n) is 4.24. The number of ether oxygens (including phenoxy) is 1. The molecule has 31 heavy (non-hydrogen) atoms. The number of rotatable bonds is 9. The molecule has 1 amide bonds. The lowest BCUT2D eigenvalue weighted by Crippen LogP contribution is -2.45. The highest BCUT2D eigenvalue weighted by atomic mass is 32.2. The first-order chi connectivity index (χ1) is 14.8. The Bertz CT molecular complexity index is 1140. The van der Waals surface area contributed by atoms with E-state index in [9.17, 15) is 13.2 Å². The molecule has 0 bridgehead atoms. The number of amides is 1. The van der Waals surface area contributed by atoms with Crippen molar-refractivity contribution in [1.29, 1.82) is 0 Å². The summed E-state index contributed by atoms with van der Waals surface area (Å²) in [5.41, 5.74) is 1.49. The van der Waals surface area contributed by atoms with Crippen LogP contribution in [0.25, 0.3) is 0 Å². The van der Waals surface area contributed by atoms with Gasteiger partial charge in [0.05, 0.1) is 19.1 Å². The van der Waals surface area contributed by atoms with E-state index < -0.39 is 22.0 Å². The van der Waals surface area contributed by atoms with Crippen molar-refractivity contribution in [1.82, 2.24) is 10.2 Å². The summed E-state index contributed by atoms with van der Waals surface area (Å²) in [6, 6.07) is 15.5. The van der Waals surface area contributed by atoms with Crippen molar-refractivity contribution in [3.8, 4) is 5.75 Å². The summed E-state index contributed by atoms with van der Waals surface area (Å²) in [5, 5.41) is 11.1. The minimum Gasteiger partial charge on any atom is -0.497 e. The van der Waals surface area contributed by atoms with E-state index in [4.69, 9.17) is 4.74 Å². The molecule has 3 aromatic rings. The molecular formula is C20H22N4O4S3. The molecule has 164 valence electrons. The zero-order valence-corrected chi connectivity index (χ0v) is 19.6. The Morgan fingerprint density at radius 2 is 1.94 bits per heavy atom. The molecule has 0 fully saturated rings. The summed E-state index contributed by atoms with van der Waals surface area (Å²) < 4.78 is 31.8. The van der Waals surface area contributed by atoms with Crippen LogP contribution >= 0.6 is 23.1 Å². The topological polar surface area (TPSA) is 101 Å². The van der Waals surface area contributed by atoms with Crippen molar-refractivity contribution in [3.05, 3.63) is 60.2 Å². The molecule has 0 unspecified atom stereocenters. The molecule has 1 heterocycles. The number of nitrogens with one attached hydrogen (secondary N) is 1. The maximum atomic E-state index is 12.8. The first-order valence-corrected chi connectivity index (χ1v) is 12.9. The Hall–Kier alpha value is -2.63. The van der Waals surface area contributed by atoms with Gasteiger partial charge < -0.3 is 4.74 Å². The predicted molar refractivity (Wildman–Crippen MR) is 124 cm³/mol. The first-order valence-electron chi connectivity index (χ1n) is 9.22. The van der Waals surface area contributed by atoms with Gasteiger partial charge >= 0.3 is 0 Å². The highest BCUT2D eigenvalue weighted by Crippen LogP contribution is 2.29. The number of thioether (sulfide) groups is 1. The minimum atomic E-state index is -3.73. The minimum absolute atomic E-state index is 0.312. The molecule has 0 aliphatic carbocycles. The quantitative estimate of drug-likeness (QED) is 0.370. The number of sulfonamides is 1. The fourth-order valence-electron chi connectivity index (χ4n) is 2.80. The first kappa shape index (κ1) is 23.0. The average Bonchev–Trinajstić information content (AvgIpc) is 3.19. The Morgan fingerprint density at radius 1 is 1.19 bits per heavy atom. The van der Waals surface area contributed by atoms with Gasteiger partial charge in [-0.3, -0.25) is 14.4 Å². The van der Waals surface area contributed by atoms with Gasteiger partial charge in [-0.2, -0.15) is 0 Å². The Balaban J connectivity index is 1.70. The van der Waals surface area contributed by atoms with Crippen molar-refractivity contribution in [2.75, 3.05) is 23.0 Å². The van der Waals surface area contributed by atoms with Crippen LogP contribution in [0.15, 0.2) is 58.9 Å². The van der Waals surface area contributed by atoms with Crippen LogP contribution in [0, 0.1) is 0 Å². The number of hydrogen-bond donors (Lipinski definition) is 1. The summed E-state index contributed by atoms with van der Waals surface area (Å²) in [6.45, 7) is 1.52. The standard InChI is InChI=1S/C20H22N4O4S3/c1-14(24(31(3,26)27)16-10-7-11-17(12-16)28-2)18(25)21-19-22-23-20(30-19)29-13-15-8-5-4-6-9-15/h4-12,14H,13H2,1-3H3,(H,21,22,25)/t14-/m0/s1. The van der Waals surface area contributed by atoms with E-state index in [2.05, 4.69) is 15.5 Å². The molecular weight excluding hydrogens is 456 g/mol. The van der Waals surface area contributed by atoms with Crippen molar-refractivity contribution in [3.63, 3.8) is 0 Å². The lowest BCUT2D eigenvalue weighted by atomic mass is 10.2. The number of hydrogen-bond acceptors (Lipinski definition) is 8. The maximum Gasteiger partial charge on any atom is 0.249 e. The van der Waals surface area contributed by atoms with E-state index in [0.717, 1.165) is 21.9 Å². The lowest BCUT2D eigenvalue weighted by Gasteiger charge is -2.28. The third kappa shape index (κ3) is 6.18. The van der Waals surface area contributed by atoms with E-state index in [1.807, 2.05) is 30.3 Å². The summed E-state index contributed by atoms with van der Waals surface area (Å²) >= 11 is 2.75. The molecule has 8 nitrogen and oxygen atoms in total. The van der Waals surface area contributed by atoms with Crippen LogP contribution in [0.1, 0.15) is 12.5 Å². The normalized spacial score (nSPS) is 12.2. The molecule has 11 heteroatoms. The van der Waals surface area contributed by atoms with Crippen LogP contribution in [-0.2, 0) is 20.6 Å². The third-order valence-corrected chi connectivity index (χ3v) is 7.52. The predicted octanol–water partition coefficient (Wildman–Crippen LogP) is 3.63. The summed E-state index contributed by atoms with van der Waals surface area (Å²) in [7, 11) is -2.24. The number of carbonyl (C=O) groups is 1. The number of methoxy groups -OCH3 is 1. The fraction of sp³-hybridized carbons (Fsp3) is 0.250. The Labute approximate surface area is 189 Å². The van der Waals surface area contributed by atoms with Gasteiger partial charge in [0.25, 0.3) is 0 Å². The number of anilines is 2. The molecule has 1 atom stereocenters. The van der Waals surface area contributed by atoms with Crippen LogP contribution in [0.3, 0.4) is 0 Å². The monoisotopic (exact) mass is 478 g/mol. The highest BCUT2D eigenvalue weighted by molar-refractivity contribution is 8.00. The van der Waals surface area contributed by atoms with Gasteiger partial charge in [-0.15, -0.1) is 10.2 Å².